The van der Waals surface area contributed by atoms with E-state index in [1.807, 2.05) is 19.9 Å². The quantitative estimate of drug-likeness (QED) is 0.848. The first kappa shape index (κ1) is 11.5. The zero-order valence-electron chi connectivity index (χ0n) is 9.69. The summed E-state index contributed by atoms with van der Waals surface area (Å²) in [6, 6.07) is 2.33. The summed E-state index contributed by atoms with van der Waals surface area (Å²) < 4.78 is 11.2. The third-order valence-corrected chi connectivity index (χ3v) is 4.09. The molecule has 2 heterocycles. The van der Waals surface area contributed by atoms with Gasteiger partial charge in [0.15, 0.2) is 0 Å². The molecule has 0 amide bonds. The SMILES string of the molecule is Cc1cc(C)nc(NC2CCS(=O)CC2)n1. The Morgan fingerprint density at radius 2 is 1.81 bits per heavy atom. The van der Waals surface area contributed by atoms with E-state index in [4.69, 9.17) is 0 Å². The zero-order chi connectivity index (χ0) is 11.5. The summed E-state index contributed by atoms with van der Waals surface area (Å²) in [6.45, 7) is 3.94. The highest BCUT2D eigenvalue weighted by atomic mass is 32.2. The summed E-state index contributed by atoms with van der Waals surface area (Å²) in [4.78, 5) is 8.70. The smallest absolute Gasteiger partial charge is 0.223 e. The van der Waals surface area contributed by atoms with Crippen molar-refractivity contribution in [3.8, 4) is 0 Å². The van der Waals surface area contributed by atoms with Crippen LogP contribution in [0.15, 0.2) is 6.07 Å². The lowest BCUT2D eigenvalue weighted by atomic mass is 10.2. The second kappa shape index (κ2) is 4.91. The van der Waals surface area contributed by atoms with Crippen LogP contribution in [-0.4, -0.2) is 31.7 Å². The normalized spacial score (nSPS) is 25.4. The van der Waals surface area contributed by atoms with Gasteiger partial charge in [-0.2, -0.15) is 0 Å². The number of aromatic nitrogens is 2. The summed E-state index contributed by atoms with van der Waals surface area (Å²) in [5.74, 6) is 2.29. The average molecular weight is 239 g/mol. The van der Waals surface area contributed by atoms with Crippen molar-refractivity contribution in [2.24, 2.45) is 0 Å². The first-order valence-corrected chi connectivity index (χ1v) is 7.06. The van der Waals surface area contributed by atoms with Crippen LogP contribution in [0, 0.1) is 13.8 Å². The fourth-order valence-electron chi connectivity index (χ4n) is 1.91. The molecule has 1 aromatic rings. The van der Waals surface area contributed by atoms with E-state index in [9.17, 15) is 4.21 Å². The van der Waals surface area contributed by atoms with Crippen LogP contribution in [0.3, 0.4) is 0 Å². The Morgan fingerprint density at radius 3 is 2.38 bits per heavy atom. The summed E-state index contributed by atoms with van der Waals surface area (Å²) in [5.41, 5.74) is 1.96. The lowest BCUT2D eigenvalue weighted by molar-refractivity contribution is 0.620. The van der Waals surface area contributed by atoms with Crippen LogP contribution in [0.1, 0.15) is 24.2 Å². The number of aryl methyl sites for hydroxylation is 2. The molecule has 1 aliphatic rings. The second-order valence-electron chi connectivity index (χ2n) is 4.24. The molecule has 0 saturated carbocycles. The van der Waals surface area contributed by atoms with Gasteiger partial charge in [0.25, 0.3) is 0 Å². The molecule has 1 saturated heterocycles. The van der Waals surface area contributed by atoms with Crippen LogP contribution in [-0.2, 0) is 10.8 Å². The van der Waals surface area contributed by atoms with Crippen molar-refractivity contribution in [3.63, 3.8) is 0 Å². The molecule has 0 unspecified atom stereocenters. The van der Waals surface area contributed by atoms with Gasteiger partial charge in [-0.25, -0.2) is 9.97 Å². The minimum Gasteiger partial charge on any atom is -0.351 e. The highest BCUT2D eigenvalue weighted by Crippen LogP contribution is 2.14. The topological polar surface area (TPSA) is 54.9 Å². The third kappa shape index (κ3) is 3.01. The summed E-state index contributed by atoms with van der Waals surface area (Å²) in [5, 5.41) is 3.33. The molecule has 0 bridgehead atoms. The van der Waals surface area contributed by atoms with E-state index in [0.717, 1.165) is 35.7 Å². The largest absolute Gasteiger partial charge is 0.351 e. The fourth-order valence-corrected chi connectivity index (χ4v) is 3.21. The van der Waals surface area contributed by atoms with E-state index < -0.39 is 10.8 Å². The molecule has 1 fully saturated rings. The Hall–Kier alpha value is -0.970. The third-order valence-electron chi connectivity index (χ3n) is 2.70. The molecule has 0 aromatic carbocycles. The minimum absolute atomic E-state index is 0.374. The molecule has 1 aliphatic heterocycles. The Kier molecular flexibility index (Phi) is 3.53. The molecule has 2 rings (SSSR count). The average Bonchev–Trinajstić information content (AvgIpc) is 2.20. The zero-order valence-corrected chi connectivity index (χ0v) is 10.5. The van der Waals surface area contributed by atoms with Crippen LogP contribution in [0.25, 0.3) is 0 Å². The fraction of sp³-hybridized carbons (Fsp3) is 0.636. The van der Waals surface area contributed by atoms with Crippen LogP contribution in [0.4, 0.5) is 5.95 Å². The maximum Gasteiger partial charge on any atom is 0.223 e. The molecule has 5 heteroatoms. The van der Waals surface area contributed by atoms with Gasteiger partial charge in [-0.15, -0.1) is 0 Å². The highest BCUT2D eigenvalue weighted by molar-refractivity contribution is 7.85. The molecule has 88 valence electrons. The first-order valence-electron chi connectivity index (χ1n) is 5.57. The van der Waals surface area contributed by atoms with Crippen molar-refractivity contribution in [1.29, 1.82) is 0 Å². The van der Waals surface area contributed by atoms with Crippen molar-refractivity contribution >= 4 is 16.7 Å². The lowest BCUT2D eigenvalue weighted by Gasteiger charge is -2.22. The number of rotatable bonds is 2. The first-order chi connectivity index (χ1) is 7.63. The number of hydrogen-bond donors (Lipinski definition) is 1. The molecule has 1 aromatic heterocycles. The Morgan fingerprint density at radius 1 is 1.25 bits per heavy atom. The van der Waals surface area contributed by atoms with Gasteiger partial charge in [-0.3, -0.25) is 4.21 Å². The Balaban J connectivity index is 2.00. The summed E-state index contributed by atoms with van der Waals surface area (Å²) in [7, 11) is -0.608. The lowest BCUT2D eigenvalue weighted by Crippen LogP contribution is -2.30. The Bertz CT molecular complexity index is 378. The van der Waals surface area contributed by atoms with Crippen LogP contribution < -0.4 is 5.32 Å². The van der Waals surface area contributed by atoms with Crippen molar-refractivity contribution in [3.05, 3.63) is 17.5 Å². The number of anilines is 1. The van der Waals surface area contributed by atoms with Gasteiger partial charge < -0.3 is 5.32 Å². The van der Waals surface area contributed by atoms with Crippen molar-refractivity contribution < 1.29 is 4.21 Å². The van der Waals surface area contributed by atoms with Crippen molar-refractivity contribution in [2.75, 3.05) is 16.8 Å². The molecular weight excluding hydrogens is 222 g/mol. The molecule has 0 radical (unpaired) electrons. The standard InChI is InChI=1S/C11H17N3OS/c1-8-7-9(2)13-11(12-8)14-10-3-5-16(15)6-4-10/h7,10H,3-6H2,1-2H3,(H,12,13,14). The van der Waals surface area contributed by atoms with Crippen molar-refractivity contribution in [2.45, 2.75) is 32.7 Å². The number of hydrogen-bond acceptors (Lipinski definition) is 4. The number of nitrogens with zero attached hydrogens (tertiary/aromatic N) is 2. The van der Waals surface area contributed by atoms with E-state index >= 15 is 0 Å². The summed E-state index contributed by atoms with van der Waals surface area (Å²) >= 11 is 0. The van der Waals surface area contributed by atoms with Gasteiger partial charge in [0, 0.05) is 39.7 Å². The highest BCUT2D eigenvalue weighted by Gasteiger charge is 2.18. The molecule has 1 N–H and O–H groups in total. The van der Waals surface area contributed by atoms with Gasteiger partial charge in [-0.05, 0) is 32.8 Å². The van der Waals surface area contributed by atoms with Crippen LogP contribution in [0.2, 0.25) is 0 Å². The second-order valence-corrected chi connectivity index (χ2v) is 5.94. The van der Waals surface area contributed by atoms with Crippen molar-refractivity contribution in [1.82, 2.24) is 9.97 Å². The maximum atomic E-state index is 11.2. The van der Waals surface area contributed by atoms with E-state index in [1.165, 1.54) is 0 Å². The maximum absolute atomic E-state index is 11.2. The van der Waals surface area contributed by atoms with Crippen LogP contribution in [0.5, 0.6) is 0 Å². The molecule has 0 aliphatic carbocycles. The van der Waals surface area contributed by atoms with E-state index in [2.05, 4.69) is 15.3 Å². The van der Waals surface area contributed by atoms with E-state index in [1.54, 1.807) is 0 Å². The Labute approximate surface area is 98.3 Å². The van der Waals surface area contributed by atoms with E-state index in [-0.39, 0.29) is 0 Å². The van der Waals surface area contributed by atoms with Gasteiger partial charge in [0.2, 0.25) is 5.95 Å². The van der Waals surface area contributed by atoms with E-state index in [0.29, 0.717) is 12.0 Å². The molecule has 4 nitrogen and oxygen atoms in total. The van der Waals surface area contributed by atoms with Crippen LogP contribution >= 0.6 is 0 Å². The monoisotopic (exact) mass is 239 g/mol. The molecule has 16 heavy (non-hydrogen) atoms. The molecule has 0 spiro atoms. The molecule has 0 atom stereocenters. The number of nitrogens with one attached hydrogen (secondary N) is 1. The van der Waals surface area contributed by atoms with Gasteiger partial charge in [0.1, 0.15) is 0 Å². The molecular formula is C11H17N3OS. The van der Waals surface area contributed by atoms with Gasteiger partial charge >= 0.3 is 0 Å². The predicted molar refractivity (Wildman–Crippen MR) is 66.0 cm³/mol. The predicted octanol–water partition coefficient (Wildman–Crippen LogP) is 1.42. The minimum atomic E-state index is -0.608. The van der Waals surface area contributed by atoms with Gasteiger partial charge in [-0.1, -0.05) is 0 Å². The summed E-state index contributed by atoms with van der Waals surface area (Å²) in [6.07, 6.45) is 1.89. The van der Waals surface area contributed by atoms with Gasteiger partial charge in [0.05, 0.1) is 0 Å².